The number of piperidine rings is 1. The van der Waals surface area contributed by atoms with Gasteiger partial charge in [0, 0.05) is 32.3 Å². The van der Waals surface area contributed by atoms with Gasteiger partial charge in [-0.2, -0.15) is 0 Å². The van der Waals surface area contributed by atoms with Crippen LogP contribution in [-0.4, -0.2) is 76.1 Å². The molecular weight excluding hydrogens is 316 g/mol. The molecule has 6 nitrogen and oxygen atoms in total. The Hall–Kier alpha value is -0.850. The summed E-state index contributed by atoms with van der Waals surface area (Å²) in [6, 6.07) is 0. The van der Waals surface area contributed by atoms with E-state index < -0.39 is 0 Å². The Balaban J connectivity index is 2.28. The highest BCUT2D eigenvalue weighted by Gasteiger charge is 2.27. The molecule has 0 bridgehead atoms. The third-order valence-corrected chi connectivity index (χ3v) is 4.62. The van der Waals surface area contributed by atoms with Crippen molar-refractivity contribution in [3.8, 4) is 0 Å². The van der Waals surface area contributed by atoms with E-state index in [1.807, 2.05) is 0 Å². The summed E-state index contributed by atoms with van der Waals surface area (Å²) < 4.78 is 10.4. The minimum atomic E-state index is 0.123. The molecule has 0 amide bonds. The van der Waals surface area contributed by atoms with Crippen LogP contribution in [0.5, 0.6) is 0 Å². The van der Waals surface area contributed by atoms with Crippen LogP contribution < -0.4 is 10.6 Å². The molecule has 0 aliphatic carbocycles. The third kappa shape index (κ3) is 10.0. The number of hydrogen-bond donors (Lipinski definition) is 2. The van der Waals surface area contributed by atoms with Crippen LogP contribution in [-0.2, 0) is 9.47 Å². The average molecular weight is 357 g/mol. The molecule has 1 aliphatic rings. The maximum atomic E-state index is 5.48. The van der Waals surface area contributed by atoms with Crippen LogP contribution in [0.25, 0.3) is 0 Å². The Morgan fingerprint density at radius 2 is 1.80 bits per heavy atom. The van der Waals surface area contributed by atoms with Gasteiger partial charge in [0.25, 0.3) is 0 Å². The standard InChI is InChI=1S/C19H40N4O2/c1-5-20-18(21-11-7-10-14-25-16-15-24-4)22-17-19(2,3)23-12-8-6-9-13-23/h5-17H2,1-4H3,(H2,20,21,22). The first-order chi connectivity index (χ1) is 12.1. The topological polar surface area (TPSA) is 58.1 Å². The number of hydrogen-bond acceptors (Lipinski definition) is 4. The lowest BCUT2D eigenvalue weighted by molar-refractivity contribution is 0.0689. The molecule has 6 heteroatoms. The van der Waals surface area contributed by atoms with Gasteiger partial charge in [-0.05, 0) is 59.5 Å². The number of unbranched alkanes of at least 4 members (excludes halogenated alkanes) is 1. The maximum Gasteiger partial charge on any atom is 0.191 e. The van der Waals surface area contributed by atoms with E-state index >= 15 is 0 Å². The van der Waals surface area contributed by atoms with Crippen LogP contribution >= 0.6 is 0 Å². The highest BCUT2D eigenvalue weighted by atomic mass is 16.5. The molecule has 1 heterocycles. The highest BCUT2D eigenvalue weighted by Crippen LogP contribution is 2.20. The Kier molecular flexibility index (Phi) is 11.9. The molecule has 2 N–H and O–H groups in total. The largest absolute Gasteiger partial charge is 0.382 e. The van der Waals surface area contributed by atoms with E-state index in [0.29, 0.717) is 13.2 Å². The molecule has 1 rings (SSSR count). The van der Waals surface area contributed by atoms with Crippen LogP contribution in [0.3, 0.4) is 0 Å². The van der Waals surface area contributed by atoms with Crippen LogP contribution in [0.4, 0.5) is 0 Å². The number of nitrogens with zero attached hydrogens (tertiary/aromatic N) is 2. The van der Waals surface area contributed by atoms with E-state index in [-0.39, 0.29) is 5.54 Å². The first-order valence-electron chi connectivity index (χ1n) is 9.94. The van der Waals surface area contributed by atoms with Crippen molar-refractivity contribution in [1.82, 2.24) is 15.5 Å². The van der Waals surface area contributed by atoms with Crippen molar-refractivity contribution in [2.75, 3.05) is 59.7 Å². The lowest BCUT2D eigenvalue weighted by atomic mass is 9.99. The Labute approximate surface area is 154 Å². The minimum Gasteiger partial charge on any atom is -0.382 e. The summed E-state index contributed by atoms with van der Waals surface area (Å²) in [5, 5.41) is 6.79. The molecule has 1 fully saturated rings. The van der Waals surface area contributed by atoms with Crippen molar-refractivity contribution in [1.29, 1.82) is 0 Å². The molecular formula is C19H40N4O2. The second-order valence-corrected chi connectivity index (χ2v) is 7.29. The number of likely N-dealkylation sites (tertiary alicyclic amines) is 1. The molecule has 0 aromatic heterocycles. The lowest BCUT2D eigenvalue weighted by Gasteiger charge is -2.40. The number of guanidine groups is 1. The van der Waals surface area contributed by atoms with E-state index in [1.54, 1.807) is 7.11 Å². The number of aliphatic imine (C=N–C) groups is 1. The molecule has 0 radical (unpaired) electrons. The monoisotopic (exact) mass is 356 g/mol. The summed E-state index contributed by atoms with van der Waals surface area (Å²) in [6.07, 6.45) is 6.13. The van der Waals surface area contributed by atoms with Crippen LogP contribution in [0.1, 0.15) is 52.9 Å². The van der Waals surface area contributed by atoms with Crippen molar-refractivity contribution in [3.63, 3.8) is 0 Å². The SMILES string of the molecule is CCNC(=NCC(C)(C)N1CCCCC1)NCCCCOCCOC. The molecule has 148 valence electrons. The molecule has 0 spiro atoms. The van der Waals surface area contributed by atoms with Crippen molar-refractivity contribution in [2.24, 2.45) is 4.99 Å². The van der Waals surface area contributed by atoms with Crippen LogP contribution in [0.15, 0.2) is 4.99 Å². The molecule has 1 aliphatic heterocycles. The lowest BCUT2D eigenvalue weighted by Crippen LogP contribution is -2.49. The van der Waals surface area contributed by atoms with Gasteiger partial charge in [0.2, 0.25) is 0 Å². The summed E-state index contributed by atoms with van der Waals surface area (Å²) >= 11 is 0. The minimum absolute atomic E-state index is 0.123. The van der Waals surface area contributed by atoms with E-state index in [2.05, 4.69) is 36.3 Å². The van der Waals surface area contributed by atoms with Gasteiger partial charge >= 0.3 is 0 Å². The second-order valence-electron chi connectivity index (χ2n) is 7.29. The second kappa shape index (κ2) is 13.4. The van der Waals surface area contributed by atoms with Crippen LogP contribution in [0, 0.1) is 0 Å². The quantitative estimate of drug-likeness (QED) is 0.319. The molecule has 0 atom stereocenters. The number of ether oxygens (including phenoxy) is 2. The Morgan fingerprint density at radius 1 is 1.04 bits per heavy atom. The first-order valence-corrected chi connectivity index (χ1v) is 9.94. The van der Waals surface area contributed by atoms with Gasteiger partial charge in [0.05, 0.1) is 19.8 Å². The van der Waals surface area contributed by atoms with Gasteiger partial charge in [-0.1, -0.05) is 6.42 Å². The molecule has 25 heavy (non-hydrogen) atoms. The van der Waals surface area contributed by atoms with Crippen LogP contribution in [0.2, 0.25) is 0 Å². The molecule has 0 aromatic rings. The fraction of sp³-hybridized carbons (Fsp3) is 0.947. The highest BCUT2D eigenvalue weighted by molar-refractivity contribution is 5.79. The third-order valence-electron chi connectivity index (χ3n) is 4.62. The first kappa shape index (κ1) is 22.2. The summed E-state index contributed by atoms with van der Waals surface area (Å²) in [4.78, 5) is 7.41. The fourth-order valence-corrected chi connectivity index (χ4v) is 2.99. The zero-order chi connectivity index (χ0) is 18.4. The zero-order valence-corrected chi connectivity index (χ0v) is 16.9. The van der Waals surface area contributed by atoms with E-state index in [4.69, 9.17) is 14.5 Å². The van der Waals surface area contributed by atoms with E-state index in [9.17, 15) is 0 Å². The molecule has 0 saturated carbocycles. The number of rotatable bonds is 12. The zero-order valence-electron chi connectivity index (χ0n) is 16.9. The smallest absolute Gasteiger partial charge is 0.191 e. The van der Waals surface area contributed by atoms with Crippen molar-refractivity contribution in [2.45, 2.75) is 58.4 Å². The van der Waals surface area contributed by atoms with E-state index in [0.717, 1.165) is 45.0 Å². The number of methoxy groups -OCH3 is 1. The van der Waals surface area contributed by atoms with Crippen molar-refractivity contribution >= 4 is 5.96 Å². The maximum absolute atomic E-state index is 5.48. The van der Waals surface area contributed by atoms with Crippen molar-refractivity contribution in [3.05, 3.63) is 0 Å². The normalized spacial score (nSPS) is 16.9. The summed E-state index contributed by atoms with van der Waals surface area (Å²) in [7, 11) is 1.70. The molecule has 1 saturated heterocycles. The number of nitrogens with one attached hydrogen (secondary N) is 2. The van der Waals surface area contributed by atoms with Gasteiger partial charge in [0.1, 0.15) is 0 Å². The average Bonchev–Trinajstić information content (AvgIpc) is 2.62. The van der Waals surface area contributed by atoms with Gasteiger partial charge in [0.15, 0.2) is 5.96 Å². The Bertz CT molecular complexity index is 355. The van der Waals surface area contributed by atoms with E-state index in [1.165, 1.54) is 32.4 Å². The molecule has 0 unspecified atom stereocenters. The summed E-state index contributed by atoms with van der Waals surface area (Å²) in [5.74, 6) is 0.924. The predicted molar refractivity (Wildman–Crippen MR) is 105 cm³/mol. The Morgan fingerprint density at radius 3 is 2.48 bits per heavy atom. The van der Waals surface area contributed by atoms with Gasteiger partial charge < -0.3 is 20.1 Å². The summed E-state index contributed by atoms with van der Waals surface area (Å²) in [5.41, 5.74) is 0.123. The fourth-order valence-electron chi connectivity index (χ4n) is 2.99. The summed E-state index contributed by atoms with van der Waals surface area (Å²) in [6.45, 7) is 13.9. The van der Waals surface area contributed by atoms with Gasteiger partial charge in [-0.3, -0.25) is 9.89 Å². The predicted octanol–water partition coefficient (Wildman–Crippen LogP) is 2.25. The van der Waals surface area contributed by atoms with Gasteiger partial charge in [-0.15, -0.1) is 0 Å². The van der Waals surface area contributed by atoms with Gasteiger partial charge in [-0.25, -0.2) is 0 Å². The molecule has 0 aromatic carbocycles. The van der Waals surface area contributed by atoms with Crippen molar-refractivity contribution < 1.29 is 9.47 Å².